The molecule has 0 unspecified atom stereocenters. The summed E-state index contributed by atoms with van der Waals surface area (Å²) in [6, 6.07) is 0. The van der Waals surface area contributed by atoms with Crippen molar-refractivity contribution in [2.75, 3.05) is 0 Å². The summed E-state index contributed by atoms with van der Waals surface area (Å²) in [6.45, 7) is 0. The van der Waals surface area contributed by atoms with E-state index in [1.54, 1.807) is 5.57 Å². The van der Waals surface area contributed by atoms with E-state index in [0.29, 0.717) is 5.78 Å². The predicted molar refractivity (Wildman–Crippen MR) is 67.4 cm³/mol. The highest BCUT2D eigenvalue weighted by Crippen LogP contribution is 2.32. The summed E-state index contributed by atoms with van der Waals surface area (Å²) in [7, 11) is 0. The maximum atomic E-state index is 11.8. The Balaban J connectivity index is 1.96. The van der Waals surface area contributed by atoms with Crippen LogP contribution in [0.25, 0.3) is 0 Å². The fraction of sp³-hybridized carbons (Fsp3) is 0.800. The van der Waals surface area contributed by atoms with Crippen LogP contribution in [0, 0.1) is 0 Å². The first-order valence-corrected chi connectivity index (χ1v) is 7.08. The molecule has 0 N–H and O–H groups in total. The third-order valence-electron chi connectivity index (χ3n) is 4.05. The van der Waals surface area contributed by atoms with Crippen LogP contribution in [0.1, 0.15) is 77.0 Å². The molecule has 0 heterocycles. The lowest BCUT2D eigenvalue weighted by Crippen LogP contribution is -2.01. The number of Topliss-reactive ketones (excluding diaryl/α,β-unsaturated/α-hetero) is 1. The number of allylic oxidation sites excluding steroid dienone is 2. The molecule has 16 heavy (non-hydrogen) atoms. The first-order valence-electron chi connectivity index (χ1n) is 7.08. The first kappa shape index (κ1) is 11.9. The fourth-order valence-electron chi connectivity index (χ4n) is 3.08. The third-order valence-corrected chi connectivity index (χ3v) is 4.05. The zero-order valence-electron chi connectivity index (χ0n) is 10.4. The molecular formula is C15H24O. The van der Waals surface area contributed by atoms with Gasteiger partial charge in [0.25, 0.3) is 0 Å². The molecule has 0 fully saturated rings. The van der Waals surface area contributed by atoms with Crippen LogP contribution in [0.2, 0.25) is 0 Å². The Morgan fingerprint density at radius 3 is 1.94 bits per heavy atom. The number of carbonyl (C=O) groups is 1. The minimum absolute atomic E-state index is 0.495. The van der Waals surface area contributed by atoms with E-state index in [-0.39, 0.29) is 0 Å². The molecule has 90 valence electrons. The van der Waals surface area contributed by atoms with Gasteiger partial charge in [0.1, 0.15) is 5.78 Å². The van der Waals surface area contributed by atoms with Crippen molar-refractivity contribution in [2.45, 2.75) is 77.0 Å². The molecule has 0 atom stereocenters. The summed E-state index contributed by atoms with van der Waals surface area (Å²) in [5.74, 6) is 0.495. The average Bonchev–Trinajstić information content (AvgIpc) is 2.67. The molecule has 1 nitrogen and oxygen atoms in total. The quantitative estimate of drug-likeness (QED) is 0.547. The van der Waals surface area contributed by atoms with Crippen molar-refractivity contribution < 1.29 is 4.79 Å². The van der Waals surface area contributed by atoms with E-state index in [2.05, 4.69) is 0 Å². The lowest BCUT2D eigenvalue weighted by atomic mass is 9.96. The Bertz CT molecular complexity index is 275. The van der Waals surface area contributed by atoms with Crippen LogP contribution < -0.4 is 0 Å². The van der Waals surface area contributed by atoms with Gasteiger partial charge in [0.15, 0.2) is 0 Å². The van der Waals surface area contributed by atoms with Crippen LogP contribution in [0.3, 0.4) is 0 Å². The predicted octanol–water partition coefficient (Wildman–Crippen LogP) is 4.56. The number of hydrogen-bond acceptors (Lipinski definition) is 1. The summed E-state index contributed by atoms with van der Waals surface area (Å²) in [5.41, 5.74) is 3.17. The molecule has 2 aliphatic carbocycles. The molecule has 2 rings (SSSR count). The number of hydrogen-bond donors (Lipinski definition) is 0. The lowest BCUT2D eigenvalue weighted by molar-refractivity contribution is -0.118. The average molecular weight is 220 g/mol. The van der Waals surface area contributed by atoms with Crippen molar-refractivity contribution in [3.05, 3.63) is 11.1 Å². The van der Waals surface area contributed by atoms with E-state index in [1.807, 2.05) is 0 Å². The van der Waals surface area contributed by atoms with Crippen LogP contribution in [-0.2, 0) is 4.79 Å². The van der Waals surface area contributed by atoms with Crippen LogP contribution in [0.5, 0.6) is 0 Å². The summed E-state index contributed by atoms with van der Waals surface area (Å²) in [4.78, 5) is 11.8. The topological polar surface area (TPSA) is 17.1 Å². The highest BCUT2D eigenvalue weighted by molar-refractivity contribution is 5.81. The monoisotopic (exact) mass is 220 g/mol. The molecular weight excluding hydrogens is 196 g/mol. The van der Waals surface area contributed by atoms with Crippen LogP contribution in [0.15, 0.2) is 11.1 Å². The molecule has 0 aliphatic heterocycles. The van der Waals surface area contributed by atoms with Gasteiger partial charge in [-0.3, -0.25) is 4.79 Å². The molecule has 0 aromatic carbocycles. The van der Waals surface area contributed by atoms with Gasteiger partial charge in [-0.15, -0.1) is 0 Å². The highest BCUT2D eigenvalue weighted by Gasteiger charge is 2.17. The molecule has 2 aliphatic rings. The summed E-state index contributed by atoms with van der Waals surface area (Å²) in [5, 5.41) is 0. The van der Waals surface area contributed by atoms with Crippen LogP contribution >= 0.6 is 0 Å². The largest absolute Gasteiger partial charge is 0.299 e. The molecule has 0 saturated carbocycles. The molecule has 0 aromatic heterocycles. The minimum atomic E-state index is 0.495. The number of rotatable bonds is 0. The Labute approximate surface area is 99.3 Å². The summed E-state index contributed by atoms with van der Waals surface area (Å²) >= 11 is 0. The van der Waals surface area contributed by atoms with Crippen molar-refractivity contribution in [1.82, 2.24) is 0 Å². The minimum Gasteiger partial charge on any atom is -0.299 e. The molecule has 0 aromatic rings. The second kappa shape index (κ2) is 6.22. The van der Waals surface area contributed by atoms with Gasteiger partial charge in [0.2, 0.25) is 0 Å². The Morgan fingerprint density at radius 1 is 0.562 bits per heavy atom. The van der Waals surface area contributed by atoms with E-state index in [4.69, 9.17) is 0 Å². The number of carbonyl (C=O) groups excluding carboxylic acids is 1. The van der Waals surface area contributed by atoms with Gasteiger partial charge in [-0.25, -0.2) is 0 Å². The smallest absolute Gasteiger partial charge is 0.136 e. The van der Waals surface area contributed by atoms with Gasteiger partial charge in [-0.2, -0.15) is 0 Å². The van der Waals surface area contributed by atoms with Crippen LogP contribution in [0.4, 0.5) is 0 Å². The second-order valence-corrected chi connectivity index (χ2v) is 5.40. The van der Waals surface area contributed by atoms with E-state index in [1.165, 1.54) is 63.4 Å². The van der Waals surface area contributed by atoms with Crippen LogP contribution in [-0.4, -0.2) is 5.78 Å². The fourth-order valence-corrected chi connectivity index (χ4v) is 3.08. The zero-order valence-corrected chi connectivity index (χ0v) is 10.4. The van der Waals surface area contributed by atoms with Gasteiger partial charge in [0.05, 0.1) is 0 Å². The third kappa shape index (κ3) is 3.47. The van der Waals surface area contributed by atoms with Gasteiger partial charge in [-0.1, -0.05) is 36.8 Å². The normalized spacial score (nSPS) is 24.9. The molecule has 0 amide bonds. The van der Waals surface area contributed by atoms with Gasteiger partial charge in [-0.05, 0) is 38.5 Å². The molecule has 1 heteroatoms. The Hall–Kier alpha value is -0.590. The summed E-state index contributed by atoms with van der Waals surface area (Å²) < 4.78 is 0. The standard InChI is InChI=1S/C15H24O/c16-15-11-6-4-2-1-3-5-8-13-9-7-10-14(13)12-15/h1-12H2. The maximum Gasteiger partial charge on any atom is 0.136 e. The zero-order chi connectivity index (χ0) is 11.2. The van der Waals surface area contributed by atoms with Crippen molar-refractivity contribution in [3.8, 4) is 0 Å². The second-order valence-electron chi connectivity index (χ2n) is 5.40. The summed E-state index contributed by atoms with van der Waals surface area (Å²) in [6.07, 6.45) is 14.5. The number of ketones is 1. The highest BCUT2D eigenvalue weighted by atomic mass is 16.1. The van der Waals surface area contributed by atoms with Gasteiger partial charge >= 0.3 is 0 Å². The van der Waals surface area contributed by atoms with E-state index >= 15 is 0 Å². The molecule has 0 bridgehead atoms. The van der Waals surface area contributed by atoms with Crippen molar-refractivity contribution in [2.24, 2.45) is 0 Å². The Morgan fingerprint density at radius 2 is 1.12 bits per heavy atom. The maximum absolute atomic E-state index is 11.8. The van der Waals surface area contributed by atoms with Gasteiger partial charge < -0.3 is 0 Å². The van der Waals surface area contributed by atoms with Gasteiger partial charge in [0, 0.05) is 12.8 Å². The SMILES string of the molecule is O=C1CCCCCCCCC2=C(CCC2)C1. The van der Waals surface area contributed by atoms with Crippen molar-refractivity contribution in [3.63, 3.8) is 0 Å². The Kier molecular flexibility index (Phi) is 4.62. The molecule has 0 saturated heterocycles. The van der Waals surface area contributed by atoms with E-state index in [9.17, 15) is 4.79 Å². The van der Waals surface area contributed by atoms with Crippen molar-refractivity contribution >= 4 is 5.78 Å². The van der Waals surface area contributed by atoms with Crippen molar-refractivity contribution in [1.29, 1.82) is 0 Å². The van der Waals surface area contributed by atoms with E-state index < -0.39 is 0 Å². The molecule has 0 radical (unpaired) electrons. The van der Waals surface area contributed by atoms with E-state index in [0.717, 1.165) is 19.3 Å². The lowest BCUT2D eigenvalue weighted by Gasteiger charge is -2.09. The molecule has 0 spiro atoms. The first-order chi connectivity index (χ1) is 7.86.